The predicted octanol–water partition coefficient (Wildman–Crippen LogP) is -0.442. The molecule has 9 nitrogen and oxygen atoms in total. The molecule has 100 valence electrons. The van der Waals surface area contributed by atoms with Gasteiger partial charge in [0.25, 0.3) is 10.0 Å². The van der Waals surface area contributed by atoms with Gasteiger partial charge < -0.3 is 5.11 Å². The fourth-order valence-corrected chi connectivity index (χ4v) is 2.25. The maximum absolute atomic E-state index is 11.9. The van der Waals surface area contributed by atoms with E-state index in [0.29, 0.717) is 0 Å². The number of hydrogen-bond donors (Lipinski definition) is 2. The van der Waals surface area contributed by atoms with Crippen LogP contribution in [0, 0.1) is 0 Å². The second-order valence-corrected chi connectivity index (χ2v) is 5.18. The lowest BCUT2D eigenvalue weighted by atomic mass is 10.6. The van der Waals surface area contributed by atoms with E-state index in [1.54, 1.807) is 0 Å². The Kier molecular flexibility index (Phi) is 3.42. The Morgan fingerprint density at radius 1 is 1.32 bits per heavy atom. The van der Waals surface area contributed by atoms with E-state index < -0.39 is 22.5 Å². The zero-order valence-corrected chi connectivity index (χ0v) is 10.3. The van der Waals surface area contributed by atoms with Crippen LogP contribution < -0.4 is 4.72 Å². The number of nitrogens with one attached hydrogen (secondary N) is 1. The summed E-state index contributed by atoms with van der Waals surface area (Å²) in [5.41, 5.74) is 0.202. The summed E-state index contributed by atoms with van der Waals surface area (Å²) in [5, 5.41) is 12.2. The topological polar surface area (TPSA) is 127 Å². The molecule has 2 rings (SSSR count). The number of carboxylic acids is 1. The van der Waals surface area contributed by atoms with E-state index in [4.69, 9.17) is 5.11 Å². The molecular weight excluding hydrogens is 274 g/mol. The monoisotopic (exact) mass is 283 g/mol. The molecule has 2 aromatic heterocycles. The van der Waals surface area contributed by atoms with Gasteiger partial charge in [-0.3, -0.25) is 14.2 Å². The van der Waals surface area contributed by atoms with Gasteiger partial charge in [0.1, 0.15) is 17.8 Å². The van der Waals surface area contributed by atoms with Gasteiger partial charge in [-0.2, -0.15) is 5.10 Å². The van der Waals surface area contributed by atoms with Gasteiger partial charge in [-0.1, -0.05) is 0 Å². The van der Waals surface area contributed by atoms with Gasteiger partial charge >= 0.3 is 5.97 Å². The summed E-state index contributed by atoms with van der Waals surface area (Å²) >= 11 is 0. The van der Waals surface area contributed by atoms with E-state index in [-0.39, 0.29) is 10.6 Å². The Morgan fingerprint density at radius 3 is 2.63 bits per heavy atom. The second kappa shape index (κ2) is 5.02. The smallest absolute Gasteiger partial charge is 0.325 e. The standard InChI is InChI=1S/C9H9N5O4S/c15-9(16)5-14-4-8(3-12-14)19(17,18)13-7-1-10-6-11-2-7/h1-4,6,13H,5H2,(H,15,16). The van der Waals surface area contributed by atoms with Crippen LogP contribution in [0.25, 0.3) is 0 Å². The molecule has 0 unspecified atom stereocenters. The highest BCUT2D eigenvalue weighted by Gasteiger charge is 2.17. The lowest BCUT2D eigenvalue weighted by Crippen LogP contribution is -2.13. The van der Waals surface area contributed by atoms with Crippen LogP contribution in [0.3, 0.4) is 0 Å². The van der Waals surface area contributed by atoms with Crippen LogP contribution in [0.5, 0.6) is 0 Å². The predicted molar refractivity (Wildman–Crippen MR) is 62.7 cm³/mol. The number of aromatic nitrogens is 4. The minimum atomic E-state index is -3.83. The molecule has 0 fully saturated rings. The highest BCUT2D eigenvalue weighted by molar-refractivity contribution is 7.92. The van der Waals surface area contributed by atoms with Crippen LogP contribution in [0.2, 0.25) is 0 Å². The van der Waals surface area contributed by atoms with E-state index in [0.717, 1.165) is 17.1 Å². The Labute approximate surface area is 108 Å². The summed E-state index contributed by atoms with van der Waals surface area (Å²) < 4.78 is 27.1. The maximum Gasteiger partial charge on any atom is 0.325 e. The minimum Gasteiger partial charge on any atom is -0.480 e. The first-order valence-corrected chi connectivity index (χ1v) is 6.48. The maximum atomic E-state index is 11.9. The molecule has 0 atom stereocenters. The van der Waals surface area contributed by atoms with Gasteiger partial charge in [-0.25, -0.2) is 18.4 Å². The number of hydrogen-bond acceptors (Lipinski definition) is 6. The molecule has 0 amide bonds. The van der Waals surface area contributed by atoms with Crippen molar-refractivity contribution in [2.24, 2.45) is 0 Å². The van der Waals surface area contributed by atoms with E-state index in [1.165, 1.54) is 18.7 Å². The molecule has 0 saturated heterocycles. The third-order valence-electron chi connectivity index (χ3n) is 2.03. The van der Waals surface area contributed by atoms with Crippen LogP contribution >= 0.6 is 0 Å². The summed E-state index contributed by atoms with van der Waals surface area (Å²) in [6.45, 7) is -0.413. The van der Waals surface area contributed by atoms with Crippen LogP contribution in [0.4, 0.5) is 5.69 Å². The minimum absolute atomic E-state index is 0.141. The van der Waals surface area contributed by atoms with Gasteiger partial charge in [0.2, 0.25) is 0 Å². The third kappa shape index (κ3) is 3.25. The molecule has 2 heterocycles. The fraction of sp³-hybridized carbons (Fsp3) is 0.111. The Hall–Kier alpha value is -2.49. The summed E-state index contributed by atoms with van der Waals surface area (Å²) in [7, 11) is -3.83. The third-order valence-corrected chi connectivity index (χ3v) is 3.37. The van der Waals surface area contributed by atoms with Crippen LogP contribution in [-0.2, 0) is 21.4 Å². The van der Waals surface area contributed by atoms with Crippen molar-refractivity contribution in [2.75, 3.05) is 4.72 Å². The summed E-state index contributed by atoms with van der Waals surface area (Å²) in [4.78, 5) is 17.7. The zero-order valence-electron chi connectivity index (χ0n) is 9.46. The first kappa shape index (κ1) is 13.0. The van der Waals surface area contributed by atoms with Crippen molar-refractivity contribution in [3.8, 4) is 0 Å². The zero-order chi connectivity index (χ0) is 13.9. The SMILES string of the molecule is O=C(O)Cn1cc(S(=O)(=O)Nc2cncnc2)cn1. The lowest BCUT2D eigenvalue weighted by molar-refractivity contribution is -0.137. The highest BCUT2D eigenvalue weighted by atomic mass is 32.2. The van der Waals surface area contributed by atoms with Crippen LogP contribution in [0.15, 0.2) is 36.0 Å². The largest absolute Gasteiger partial charge is 0.480 e. The van der Waals surface area contributed by atoms with Gasteiger partial charge in [0.05, 0.1) is 24.3 Å². The normalized spacial score (nSPS) is 11.2. The first-order chi connectivity index (χ1) is 8.97. The van der Waals surface area contributed by atoms with Crippen molar-refractivity contribution in [2.45, 2.75) is 11.4 Å². The van der Waals surface area contributed by atoms with Crippen molar-refractivity contribution in [3.05, 3.63) is 31.1 Å². The molecule has 19 heavy (non-hydrogen) atoms. The van der Waals surface area contributed by atoms with Crippen molar-refractivity contribution < 1.29 is 18.3 Å². The molecule has 0 aliphatic carbocycles. The molecule has 0 aliphatic heterocycles. The van der Waals surface area contributed by atoms with Gasteiger partial charge in [0, 0.05) is 6.20 Å². The van der Waals surface area contributed by atoms with E-state index in [9.17, 15) is 13.2 Å². The Balaban J connectivity index is 2.20. The molecule has 0 spiro atoms. The van der Waals surface area contributed by atoms with E-state index >= 15 is 0 Å². The summed E-state index contributed by atoms with van der Waals surface area (Å²) in [6.07, 6.45) is 6.05. The van der Waals surface area contributed by atoms with Crippen LogP contribution in [-0.4, -0.2) is 39.2 Å². The number of carbonyl (C=O) groups is 1. The van der Waals surface area contributed by atoms with Crippen LogP contribution in [0.1, 0.15) is 0 Å². The highest BCUT2D eigenvalue weighted by Crippen LogP contribution is 2.13. The quantitative estimate of drug-likeness (QED) is 0.761. The summed E-state index contributed by atoms with van der Waals surface area (Å²) in [6, 6.07) is 0. The van der Waals surface area contributed by atoms with Gasteiger partial charge in [-0.05, 0) is 0 Å². The average molecular weight is 283 g/mol. The lowest BCUT2D eigenvalue weighted by Gasteiger charge is -2.04. The molecule has 10 heteroatoms. The average Bonchev–Trinajstić information content (AvgIpc) is 2.78. The first-order valence-electron chi connectivity index (χ1n) is 4.99. The van der Waals surface area contributed by atoms with Crippen molar-refractivity contribution in [1.29, 1.82) is 0 Å². The van der Waals surface area contributed by atoms with Gasteiger partial charge in [-0.15, -0.1) is 0 Å². The molecule has 2 N–H and O–H groups in total. The van der Waals surface area contributed by atoms with Crippen molar-refractivity contribution in [1.82, 2.24) is 19.7 Å². The van der Waals surface area contributed by atoms with Gasteiger partial charge in [0.15, 0.2) is 0 Å². The van der Waals surface area contributed by atoms with E-state index in [2.05, 4.69) is 19.8 Å². The molecule has 2 aromatic rings. The number of rotatable bonds is 5. The van der Waals surface area contributed by atoms with Crippen molar-refractivity contribution in [3.63, 3.8) is 0 Å². The number of aliphatic carboxylic acids is 1. The molecular formula is C9H9N5O4S. The molecule has 0 saturated carbocycles. The molecule has 0 radical (unpaired) electrons. The fourth-order valence-electron chi connectivity index (χ4n) is 1.27. The number of nitrogens with zero attached hydrogens (tertiary/aromatic N) is 4. The molecule has 0 bridgehead atoms. The van der Waals surface area contributed by atoms with Crippen molar-refractivity contribution >= 4 is 21.7 Å². The second-order valence-electron chi connectivity index (χ2n) is 3.50. The number of carboxylic acid groups (broad SMARTS) is 1. The Bertz CT molecular complexity index is 682. The Morgan fingerprint density at radius 2 is 2.00 bits per heavy atom. The van der Waals surface area contributed by atoms with E-state index in [1.807, 2.05) is 0 Å². The molecule has 0 aromatic carbocycles. The number of sulfonamides is 1. The number of anilines is 1. The molecule has 0 aliphatic rings. The summed E-state index contributed by atoms with van der Waals surface area (Å²) in [5.74, 6) is -1.11.